The standard InChI is InChI=1S/C11H16BrN3O/c1-3-11(2,5-6-12)15-10(16)9-4-7-13-14-8-9/h4,7-8H,3,5-6H2,1-2H3,(H,15,16). The van der Waals surface area contributed by atoms with E-state index in [0.717, 1.165) is 18.2 Å². The van der Waals surface area contributed by atoms with Gasteiger partial charge in [0.1, 0.15) is 0 Å². The second kappa shape index (κ2) is 5.94. The van der Waals surface area contributed by atoms with Gasteiger partial charge >= 0.3 is 0 Å². The largest absolute Gasteiger partial charge is 0.347 e. The molecular weight excluding hydrogens is 270 g/mol. The average molecular weight is 286 g/mol. The van der Waals surface area contributed by atoms with E-state index < -0.39 is 0 Å². The van der Waals surface area contributed by atoms with Gasteiger partial charge < -0.3 is 5.32 Å². The first-order valence-corrected chi connectivity index (χ1v) is 6.38. The minimum Gasteiger partial charge on any atom is -0.347 e. The summed E-state index contributed by atoms with van der Waals surface area (Å²) in [6.45, 7) is 4.11. The molecule has 16 heavy (non-hydrogen) atoms. The highest BCUT2D eigenvalue weighted by molar-refractivity contribution is 9.09. The van der Waals surface area contributed by atoms with Crippen molar-refractivity contribution >= 4 is 21.8 Å². The molecule has 0 aromatic carbocycles. The van der Waals surface area contributed by atoms with E-state index in [1.807, 2.05) is 6.92 Å². The molecule has 4 nitrogen and oxygen atoms in total. The Morgan fingerprint density at radius 1 is 1.56 bits per heavy atom. The van der Waals surface area contributed by atoms with Crippen LogP contribution in [0.5, 0.6) is 0 Å². The molecule has 1 amide bonds. The lowest BCUT2D eigenvalue weighted by molar-refractivity contribution is 0.0901. The molecule has 0 aliphatic rings. The summed E-state index contributed by atoms with van der Waals surface area (Å²) < 4.78 is 0. The predicted octanol–water partition coefficient (Wildman–Crippen LogP) is 2.16. The van der Waals surface area contributed by atoms with Crippen LogP contribution >= 0.6 is 15.9 Å². The molecule has 1 rings (SSSR count). The van der Waals surface area contributed by atoms with Crippen LogP contribution in [-0.4, -0.2) is 27.0 Å². The molecule has 0 saturated carbocycles. The number of hydrogen-bond acceptors (Lipinski definition) is 3. The number of alkyl halides is 1. The molecule has 0 radical (unpaired) electrons. The van der Waals surface area contributed by atoms with E-state index in [0.29, 0.717) is 5.56 Å². The number of amides is 1. The Morgan fingerprint density at radius 2 is 2.31 bits per heavy atom. The van der Waals surface area contributed by atoms with E-state index in [1.54, 1.807) is 6.07 Å². The van der Waals surface area contributed by atoms with Crippen molar-refractivity contribution in [2.75, 3.05) is 5.33 Å². The van der Waals surface area contributed by atoms with E-state index in [-0.39, 0.29) is 11.4 Å². The highest BCUT2D eigenvalue weighted by Crippen LogP contribution is 2.16. The van der Waals surface area contributed by atoms with Crippen LogP contribution in [0, 0.1) is 0 Å². The summed E-state index contributed by atoms with van der Waals surface area (Å²) in [5, 5.41) is 11.2. The van der Waals surface area contributed by atoms with Gasteiger partial charge in [-0.25, -0.2) is 0 Å². The third kappa shape index (κ3) is 3.56. The van der Waals surface area contributed by atoms with Crippen molar-refractivity contribution in [1.82, 2.24) is 15.5 Å². The van der Waals surface area contributed by atoms with Crippen LogP contribution in [0.15, 0.2) is 18.5 Å². The van der Waals surface area contributed by atoms with Gasteiger partial charge in [0.15, 0.2) is 0 Å². The number of aromatic nitrogens is 2. The van der Waals surface area contributed by atoms with Crippen molar-refractivity contribution in [3.8, 4) is 0 Å². The number of nitrogens with zero attached hydrogens (tertiary/aromatic N) is 2. The summed E-state index contributed by atoms with van der Waals surface area (Å²) in [6, 6.07) is 1.66. The highest BCUT2D eigenvalue weighted by Gasteiger charge is 2.23. The van der Waals surface area contributed by atoms with Gasteiger partial charge in [-0.2, -0.15) is 10.2 Å². The van der Waals surface area contributed by atoms with E-state index in [2.05, 4.69) is 38.4 Å². The minimum atomic E-state index is -0.177. The van der Waals surface area contributed by atoms with Crippen LogP contribution in [0.2, 0.25) is 0 Å². The molecule has 1 atom stereocenters. The van der Waals surface area contributed by atoms with Gasteiger partial charge in [-0.15, -0.1) is 0 Å². The molecule has 0 aliphatic carbocycles. The quantitative estimate of drug-likeness (QED) is 0.844. The van der Waals surface area contributed by atoms with Crippen LogP contribution in [0.1, 0.15) is 37.0 Å². The monoisotopic (exact) mass is 285 g/mol. The lowest BCUT2D eigenvalue weighted by Gasteiger charge is -2.28. The van der Waals surface area contributed by atoms with E-state index in [1.165, 1.54) is 12.4 Å². The van der Waals surface area contributed by atoms with E-state index >= 15 is 0 Å². The summed E-state index contributed by atoms with van der Waals surface area (Å²) in [5.74, 6) is -0.0970. The first kappa shape index (κ1) is 13.1. The zero-order chi connectivity index (χ0) is 12.0. The van der Waals surface area contributed by atoms with Crippen molar-refractivity contribution in [1.29, 1.82) is 0 Å². The fraction of sp³-hybridized carbons (Fsp3) is 0.545. The van der Waals surface area contributed by atoms with Crippen LogP contribution in [0.4, 0.5) is 0 Å². The Bertz CT molecular complexity index is 344. The second-order valence-electron chi connectivity index (χ2n) is 3.94. The maximum Gasteiger partial charge on any atom is 0.253 e. The maximum absolute atomic E-state index is 11.9. The summed E-state index contributed by atoms with van der Waals surface area (Å²) in [4.78, 5) is 11.9. The van der Waals surface area contributed by atoms with Crippen molar-refractivity contribution < 1.29 is 4.79 Å². The van der Waals surface area contributed by atoms with Gasteiger partial charge in [0.25, 0.3) is 5.91 Å². The van der Waals surface area contributed by atoms with Crippen LogP contribution in [0.3, 0.4) is 0 Å². The Hall–Kier alpha value is -0.970. The lowest BCUT2D eigenvalue weighted by Crippen LogP contribution is -2.45. The van der Waals surface area contributed by atoms with Gasteiger partial charge in [-0.05, 0) is 25.8 Å². The maximum atomic E-state index is 11.9. The summed E-state index contributed by atoms with van der Waals surface area (Å²) >= 11 is 3.40. The Labute approximate surface area is 104 Å². The molecule has 0 aliphatic heterocycles. The molecule has 5 heteroatoms. The summed E-state index contributed by atoms with van der Waals surface area (Å²) in [6.07, 6.45) is 4.78. The highest BCUT2D eigenvalue weighted by atomic mass is 79.9. The summed E-state index contributed by atoms with van der Waals surface area (Å²) in [5.41, 5.74) is 0.369. The van der Waals surface area contributed by atoms with Gasteiger partial charge in [-0.1, -0.05) is 22.9 Å². The van der Waals surface area contributed by atoms with Crippen LogP contribution < -0.4 is 5.32 Å². The molecule has 1 heterocycles. The van der Waals surface area contributed by atoms with Crippen LogP contribution in [0.25, 0.3) is 0 Å². The second-order valence-corrected chi connectivity index (χ2v) is 4.73. The topological polar surface area (TPSA) is 54.9 Å². The van der Waals surface area contributed by atoms with Crippen molar-refractivity contribution in [3.05, 3.63) is 24.0 Å². The molecule has 1 aromatic heterocycles. The SMILES string of the molecule is CCC(C)(CCBr)NC(=O)c1ccnnc1. The predicted molar refractivity (Wildman–Crippen MR) is 66.6 cm³/mol. The van der Waals surface area contributed by atoms with Gasteiger partial charge in [0.2, 0.25) is 0 Å². The molecule has 1 aromatic rings. The molecule has 1 unspecified atom stereocenters. The molecule has 0 fully saturated rings. The Kier molecular flexibility index (Phi) is 4.86. The summed E-state index contributed by atoms with van der Waals surface area (Å²) in [7, 11) is 0. The van der Waals surface area contributed by atoms with Crippen molar-refractivity contribution in [3.63, 3.8) is 0 Å². The first-order chi connectivity index (χ1) is 7.61. The van der Waals surface area contributed by atoms with Gasteiger partial charge in [-0.3, -0.25) is 4.79 Å². The fourth-order valence-corrected chi connectivity index (χ4v) is 2.18. The number of rotatable bonds is 5. The molecule has 0 spiro atoms. The zero-order valence-corrected chi connectivity index (χ0v) is 11.1. The number of carbonyl (C=O) groups excluding carboxylic acids is 1. The smallest absolute Gasteiger partial charge is 0.253 e. The fourth-order valence-electron chi connectivity index (χ4n) is 1.31. The molecular formula is C11H16BrN3O. The third-order valence-corrected chi connectivity index (χ3v) is 3.08. The normalized spacial score (nSPS) is 14.2. The van der Waals surface area contributed by atoms with Gasteiger partial charge in [0.05, 0.1) is 18.0 Å². The zero-order valence-electron chi connectivity index (χ0n) is 9.53. The number of carbonyl (C=O) groups is 1. The minimum absolute atomic E-state index is 0.0970. The number of nitrogens with one attached hydrogen (secondary N) is 1. The molecule has 0 bridgehead atoms. The van der Waals surface area contributed by atoms with Crippen molar-refractivity contribution in [2.24, 2.45) is 0 Å². The average Bonchev–Trinajstić information content (AvgIpc) is 2.30. The Morgan fingerprint density at radius 3 is 2.81 bits per heavy atom. The Balaban J connectivity index is 2.70. The number of hydrogen-bond donors (Lipinski definition) is 1. The van der Waals surface area contributed by atoms with Crippen molar-refractivity contribution in [2.45, 2.75) is 32.2 Å². The van der Waals surface area contributed by atoms with E-state index in [4.69, 9.17) is 0 Å². The molecule has 1 N–H and O–H groups in total. The van der Waals surface area contributed by atoms with Gasteiger partial charge in [0, 0.05) is 10.9 Å². The third-order valence-electron chi connectivity index (χ3n) is 2.69. The molecule has 88 valence electrons. The molecule has 0 saturated heterocycles. The first-order valence-electron chi connectivity index (χ1n) is 5.26. The number of halogens is 1. The van der Waals surface area contributed by atoms with Crippen LogP contribution in [-0.2, 0) is 0 Å². The van der Waals surface area contributed by atoms with E-state index in [9.17, 15) is 4.79 Å². The lowest BCUT2D eigenvalue weighted by atomic mass is 9.95.